The van der Waals surface area contributed by atoms with E-state index in [0.717, 1.165) is 6.54 Å². The number of carbonyl (C=O) groups is 6. The molecule has 2 atom stereocenters. The number of alkyl halides is 2. The molecule has 0 heterocycles. The molecule has 0 aliphatic heterocycles. The lowest BCUT2D eigenvalue weighted by Crippen LogP contribution is -2.43. The zero-order valence-electron chi connectivity index (χ0n) is 37.1. The molecule has 0 aromatic heterocycles. The maximum absolute atomic E-state index is 12.8. The van der Waals surface area contributed by atoms with E-state index in [1.807, 2.05) is 65.7 Å². The number of ether oxygens (including phenoxy) is 4. The van der Waals surface area contributed by atoms with Crippen LogP contribution in [0.5, 0.6) is 0 Å². The van der Waals surface area contributed by atoms with Crippen molar-refractivity contribution in [3.63, 3.8) is 0 Å². The molecule has 0 aliphatic carbocycles. The van der Waals surface area contributed by atoms with Crippen LogP contribution < -0.4 is 10.6 Å². The molecule has 0 aliphatic rings. The monoisotopic (exact) mass is 928 g/mol. The van der Waals surface area contributed by atoms with Gasteiger partial charge in [-0.15, -0.1) is 0 Å². The van der Waals surface area contributed by atoms with E-state index in [2.05, 4.69) is 55.7 Å². The molecule has 0 saturated heterocycles. The molecule has 0 saturated carbocycles. The molecule has 2 amide bonds. The average molecular weight is 931 g/mol. The van der Waals surface area contributed by atoms with Crippen molar-refractivity contribution < 1.29 is 47.7 Å². The lowest BCUT2D eigenvalue weighted by Gasteiger charge is -2.31. The van der Waals surface area contributed by atoms with Gasteiger partial charge in [0.15, 0.2) is 0 Å². The molecular formula is C40H74Br2N4O10. The van der Waals surface area contributed by atoms with E-state index in [1.54, 1.807) is 55.4 Å². The fourth-order valence-electron chi connectivity index (χ4n) is 3.79. The number of amides is 2. The van der Waals surface area contributed by atoms with Crippen LogP contribution in [-0.2, 0) is 47.7 Å². The largest absolute Gasteiger partial charge is 0.466 e. The summed E-state index contributed by atoms with van der Waals surface area (Å²) in [7, 11) is 7.64. The third kappa shape index (κ3) is 34.4. The number of carbonyl (C=O) groups excluding carboxylic acids is 6. The van der Waals surface area contributed by atoms with Gasteiger partial charge >= 0.3 is 23.9 Å². The fourth-order valence-corrected chi connectivity index (χ4v) is 4.41. The Balaban J connectivity index is -0.000000391. The highest BCUT2D eigenvalue weighted by atomic mass is 79.9. The van der Waals surface area contributed by atoms with Crippen molar-refractivity contribution in [2.45, 2.75) is 117 Å². The topological polar surface area (TPSA) is 170 Å². The first-order valence-corrected chi connectivity index (χ1v) is 20.2. The molecule has 16 heteroatoms. The summed E-state index contributed by atoms with van der Waals surface area (Å²) in [5.74, 6) is -2.18. The van der Waals surface area contributed by atoms with Gasteiger partial charge in [0.25, 0.3) is 0 Å². The van der Waals surface area contributed by atoms with E-state index in [9.17, 15) is 28.8 Å². The second-order valence-corrected chi connectivity index (χ2v) is 19.0. The molecule has 0 radical (unpaired) electrons. The first kappa shape index (κ1) is 59.9. The molecule has 56 heavy (non-hydrogen) atoms. The van der Waals surface area contributed by atoms with Crippen LogP contribution in [0.25, 0.3) is 0 Å². The van der Waals surface area contributed by atoms with Crippen molar-refractivity contribution in [1.29, 1.82) is 0 Å². The predicted octanol–water partition coefficient (Wildman–Crippen LogP) is 5.84. The number of hydrogen-bond donors (Lipinski definition) is 2. The van der Waals surface area contributed by atoms with Crippen molar-refractivity contribution in [3.05, 3.63) is 24.8 Å². The van der Waals surface area contributed by atoms with Crippen LogP contribution in [0.15, 0.2) is 24.8 Å². The van der Waals surface area contributed by atoms with Gasteiger partial charge in [0.2, 0.25) is 11.8 Å². The van der Waals surface area contributed by atoms with Crippen LogP contribution in [0.2, 0.25) is 0 Å². The van der Waals surface area contributed by atoms with Crippen LogP contribution >= 0.6 is 31.9 Å². The summed E-state index contributed by atoms with van der Waals surface area (Å²) in [5, 5.41) is 5.52. The summed E-state index contributed by atoms with van der Waals surface area (Å²) in [5.41, 5.74) is -0.406. The third-order valence-corrected chi connectivity index (χ3v) is 7.68. The van der Waals surface area contributed by atoms with E-state index in [0.29, 0.717) is 25.3 Å². The summed E-state index contributed by atoms with van der Waals surface area (Å²) in [6, 6.07) is 0.162. The zero-order chi connectivity index (χ0) is 45.0. The second kappa shape index (κ2) is 31.2. The molecule has 0 fully saturated rings. The summed E-state index contributed by atoms with van der Waals surface area (Å²) in [6.07, 6.45) is 1.73. The van der Waals surface area contributed by atoms with Gasteiger partial charge in [0.1, 0.15) is 21.9 Å². The Morgan fingerprint density at radius 1 is 0.696 bits per heavy atom. The maximum Gasteiger partial charge on any atom is 0.333 e. The minimum atomic E-state index is -1.04. The highest BCUT2D eigenvalue weighted by Gasteiger charge is 2.41. The van der Waals surface area contributed by atoms with Crippen molar-refractivity contribution in [2.24, 2.45) is 11.3 Å². The van der Waals surface area contributed by atoms with E-state index >= 15 is 0 Å². The first-order chi connectivity index (χ1) is 25.4. The summed E-state index contributed by atoms with van der Waals surface area (Å²) in [6.45, 7) is 31.0. The lowest BCUT2D eigenvalue weighted by molar-refractivity contribution is -0.155. The molecular weight excluding hydrogens is 856 g/mol. The van der Waals surface area contributed by atoms with Crippen LogP contribution in [0.1, 0.15) is 95.9 Å². The lowest BCUT2D eigenvalue weighted by atomic mass is 9.79. The number of halogens is 2. The van der Waals surface area contributed by atoms with Crippen LogP contribution in [0, 0.1) is 11.3 Å². The minimum Gasteiger partial charge on any atom is -0.466 e. The Morgan fingerprint density at radius 3 is 1.45 bits per heavy atom. The van der Waals surface area contributed by atoms with Crippen LogP contribution in [0.4, 0.5) is 0 Å². The smallest absolute Gasteiger partial charge is 0.333 e. The first-order valence-electron chi connectivity index (χ1n) is 18.7. The van der Waals surface area contributed by atoms with Gasteiger partial charge in [-0.25, -0.2) is 4.79 Å². The van der Waals surface area contributed by atoms with Crippen molar-refractivity contribution in [1.82, 2.24) is 20.4 Å². The SMILES string of the molecule is C=C(C)C(=O)OCCN(C)C.C=CC(=O)NC(C)C.CCOC(=O)C(C)(C)Br.CCOC(=O)C(C)(C)CC(CC(C)(Br)C(=O)OCCN(C)C)C(=O)NC(C)C. The summed E-state index contributed by atoms with van der Waals surface area (Å²) in [4.78, 5) is 73.4. The second-order valence-electron chi connectivity index (χ2n) is 15.3. The molecule has 2 unspecified atom stereocenters. The molecule has 0 spiro atoms. The van der Waals surface area contributed by atoms with Crippen molar-refractivity contribution in [3.8, 4) is 0 Å². The van der Waals surface area contributed by atoms with Crippen LogP contribution in [-0.4, -0.2) is 134 Å². The minimum absolute atomic E-state index is 0.0469. The van der Waals surface area contributed by atoms with E-state index in [-0.39, 0.29) is 67.9 Å². The average Bonchev–Trinajstić information content (AvgIpc) is 3.03. The molecule has 0 bridgehead atoms. The van der Waals surface area contributed by atoms with Gasteiger partial charge in [-0.05, 0) is 130 Å². The quantitative estimate of drug-likeness (QED) is 0.0649. The van der Waals surface area contributed by atoms with Gasteiger partial charge in [0.05, 0.1) is 18.6 Å². The Bertz CT molecular complexity index is 1210. The maximum atomic E-state index is 12.8. The van der Waals surface area contributed by atoms with Gasteiger partial charge in [-0.2, -0.15) is 0 Å². The number of likely N-dealkylation sites (N-methyl/N-ethyl adjacent to an activating group) is 2. The van der Waals surface area contributed by atoms with Crippen LogP contribution in [0.3, 0.4) is 0 Å². The molecule has 328 valence electrons. The van der Waals surface area contributed by atoms with Gasteiger partial charge in [-0.3, -0.25) is 24.0 Å². The molecule has 0 aromatic carbocycles. The normalized spacial score (nSPS) is 12.5. The van der Waals surface area contributed by atoms with Gasteiger partial charge < -0.3 is 39.4 Å². The highest BCUT2D eigenvalue weighted by molar-refractivity contribution is 9.10. The fraction of sp³-hybridized carbons (Fsp3) is 0.750. The molecule has 0 rings (SSSR count). The standard InChI is InChI=1S/C20H37BrN2O5.C8H15NO2.C6H11BrO2.C6H11NO/c1-9-27-17(25)19(4,5)12-15(16(24)22-14(2)3)13-20(6,21)18(26)28-11-10-23(7)8;1-7(2)8(10)11-6-5-9(3)4;1-4-9-5(8)6(2,3)7;1-4-6(8)7-5(2)3/h14-15H,9-13H2,1-8H3,(H,22,24);1,5-6H2,2-4H3;4H2,1-3H3;4-5H,1H2,2-3H3,(H,7,8). The number of hydrogen-bond acceptors (Lipinski definition) is 12. The number of nitrogens with zero attached hydrogens (tertiary/aromatic N) is 2. The number of rotatable bonds is 20. The molecule has 2 N–H and O–H groups in total. The number of esters is 4. The predicted molar refractivity (Wildman–Crippen MR) is 231 cm³/mol. The van der Waals surface area contributed by atoms with Crippen molar-refractivity contribution >= 4 is 67.6 Å². The Morgan fingerprint density at radius 2 is 1.12 bits per heavy atom. The zero-order valence-corrected chi connectivity index (χ0v) is 40.3. The molecule has 0 aromatic rings. The Labute approximate surface area is 354 Å². The van der Waals surface area contributed by atoms with E-state index in [1.165, 1.54) is 6.08 Å². The highest BCUT2D eigenvalue weighted by Crippen LogP contribution is 2.35. The van der Waals surface area contributed by atoms with E-state index in [4.69, 9.17) is 18.9 Å². The Kier molecular flexibility index (Phi) is 33.4. The summed E-state index contributed by atoms with van der Waals surface area (Å²) < 4.78 is 18.5. The van der Waals surface area contributed by atoms with E-state index < -0.39 is 26.0 Å². The molecule has 14 nitrogen and oxygen atoms in total. The van der Waals surface area contributed by atoms with Crippen molar-refractivity contribution in [2.75, 3.05) is 67.7 Å². The Hall–Kier alpha value is -2.82. The third-order valence-electron chi connectivity index (χ3n) is 6.71. The summed E-state index contributed by atoms with van der Waals surface area (Å²) >= 11 is 6.61. The van der Waals surface area contributed by atoms with Gasteiger partial charge in [0, 0.05) is 36.7 Å². The van der Waals surface area contributed by atoms with Gasteiger partial charge in [-0.1, -0.05) is 45.0 Å². The number of nitrogens with one attached hydrogen (secondary N) is 2.